The van der Waals surface area contributed by atoms with Crippen LogP contribution in [-0.2, 0) is 11.8 Å². The first-order valence-corrected chi connectivity index (χ1v) is 11.7. The molecule has 2 aromatic heterocycles. The molecule has 0 radical (unpaired) electrons. The van der Waals surface area contributed by atoms with Crippen molar-refractivity contribution in [1.82, 2.24) is 14.5 Å². The molecule has 0 amide bonds. The monoisotopic (exact) mass is 469 g/mol. The van der Waals surface area contributed by atoms with E-state index in [2.05, 4.69) is 20.2 Å². The number of ketones is 1. The largest absolute Gasteiger partial charge is 0.480 e. The second-order valence-electron chi connectivity index (χ2n) is 8.22. The summed E-state index contributed by atoms with van der Waals surface area (Å²) < 4.78 is 7.01. The highest BCUT2D eigenvalue weighted by molar-refractivity contribution is 6.32. The predicted molar refractivity (Wildman–Crippen MR) is 131 cm³/mol. The maximum Gasteiger partial charge on any atom is 0.293 e. The minimum Gasteiger partial charge on any atom is -0.480 e. The van der Waals surface area contributed by atoms with Crippen molar-refractivity contribution < 1.29 is 9.53 Å². The molecule has 1 aliphatic heterocycles. The minimum atomic E-state index is -0.284. The molecule has 33 heavy (non-hydrogen) atoms. The van der Waals surface area contributed by atoms with Gasteiger partial charge in [0.15, 0.2) is 17.4 Å². The Morgan fingerprint density at radius 2 is 1.94 bits per heavy atom. The average Bonchev–Trinajstić information content (AvgIpc) is 3.11. The van der Waals surface area contributed by atoms with Gasteiger partial charge in [-0.2, -0.15) is 4.98 Å². The van der Waals surface area contributed by atoms with E-state index in [1.54, 1.807) is 26.2 Å². The number of fused-ring (bicyclic) bond motifs is 1. The summed E-state index contributed by atoms with van der Waals surface area (Å²) in [5, 5.41) is 4.50. The first kappa shape index (κ1) is 23.0. The normalized spacial score (nSPS) is 14.2. The number of halogens is 1. The van der Waals surface area contributed by atoms with Crippen LogP contribution in [0.4, 0.5) is 17.5 Å². The van der Waals surface area contributed by atoms with E-state index >= 15 is 0 Å². The highest BCUT2D eigenvalue weighted by Gasteiger charge is 2.15. The fraction of sp³-hybridized carbons (Fsp3) is 0.417. The molecule has 0 unspecified atom stereocenters. The molecule has 0 aliphatic carbocycles. The highest BCUT2D eigenvalue weighted by Crippen LogP contribution is 2.28. The van der Waals surface area contributed by atoms with Gasteiger partial charge in [0.1, 0.15) is 11.6 Å². The number of hydrogen-bond donors (Lipinski definition) is 1. The van der Waals surface area contributed by atoms with Crippen LogP contribution >= 0.6 is 11.6 Å². The number of aromatic nitrogens is 3. The maximum absolute atomic E-state index is 12.6. The van der Waals surface area contributed by atoms with Gasteiger partial charge >= 0.3 is 0 Å². The first-order valence-electron chi connectivity index (χ1n) is 11.3. The van der Waals surface area contributed by atoms with Gasteiger partial charge in [0, 0.05) is 37.6 Å². The van der Waals surface area contributed by atoms with Gasteiger partial charge in [-0.05, 0) is 37.1 Å². The molecule has 3 heterocycles. The van der Waals surface area contributed by atoms with E-state index < -0.39 is 0 Å². The summed E-state index contributed by atoms with van der Waals surface area (Å²) in [7, 11) is 1.68. The zero-order chi connectivity index (χ0) is 23.4. The Bertz CT molecular complexity index is 1220. The van der Waals surface area contributed by atoms with Crippen molar-refractivity contribution in [2.45, 2.75) is 39.0 Å². The molecule has 3 aromatic rings. The molecule has 0 saturated carbocycles. The van der Waals surface area contributed by atoms with Gasteiger partial charge in [-0.1, -0.05) is 31.4 Å². The Labute approximate surface area is 197 Å². The van der Waals surface area contributed by atoms with Crippen molar-refractivity contribution in [3.8, 4) is 5.75 Å². The average molecular weight is 470 g/mol. The Morgan fingerprint density at radius 3 is 2.67 bits per heavy atom. The Morgan fingerprint density at radius 1 is 1.18 bits per heavy atom. The number of pyridine rings is 1. The molecular weight excluding hydrogens is 442 g/mol. The second-order valence-corrected chi connectivity index (χ2v) is 8.63. The number of aryl methyl sites for hydroxylation is 1. The molecule has 1 N–H and O–H groups in total. The van der Waals surface area contributed by atoms with Gasteiger partial charge in [-0.25, -0.2) is 4.98 Å². The lowest BCUT2D eigenvalue weighted by atomic mass is 10.2. The van der Waals surface area contributed by atoms with Crippen LogP contribution in [0, 0.1) is 0 Å². The molecule has 9 heteroatoms. The molecule has 0 spiro atoms. The van der Waals surface area contributed by atoms with Crippen molar-refractivity contribution >= 4 is 45.7 Å². The number of ether oxygens (including phenoxy) is 1. The number of Topliss-reactive ketones (excluding diaryl/α,β-unsaturated/α-hetero) is 1. The third-order valence-electron chi connectivity index (χ3n) is 5.86. The van der Waals surface area contributed by atoms with E-state index in [1.165, 1.54) is 17.4 Å². The van der Waals surface area contributed by atoms with Gasteiger partial charge in [0.25, 0.3) is 5.56 Å². The molecule has 8 nitrogen and oxygen atoms in total. The molecule has 1 saturated heterocycles. The Balaban J connectivity index is 1.62. The van der Waals surface area contributed by atoms with Crippen LogP contribution in [-0.4, -0.2) is 40.0 Å². The zero-order valence-corrected chi connectivity index (χ0v) is 19.7. The molecular formula is C24H28ClN5O3. The predicted octanol–water partition coefficient (Wildman–Crippen LogP) is 4.46. The van der Waals surface area contributed by atoms with Crippen molar-refractivity contribution in [3.05, 3.63) is 45.8 Å². The van der Waals surface area contributed by atoms with E-state index in [1.807, 2.05) is 18.2 Å². The quantitative estimate of drug-likeness (QED) is 0.546. The van der Waals surface area contributed by atoms with Gasteiger partial charge in [0.2, 0.25) is 5.95 Å². The van der Waals surface area contributed by atoms with E-state index in [0.717, 1.165) is 42.5 Å². The van der Waals surface area contributed by atoms with E-state index in [9.17, 15) is 9.59 Å². The van der Waals surface area contributed by atoms with Gasteiger partial charge in [-0.3, -0.25) is 9.59 Å². The summed E-state index contributed by atoms with van der Waals surface area (Å²) in [6.45, 7) is 3.52. The molecule has 174 valence electrons. The lowest BCUT2D eigenvalue weighted by Gasteiger charge is -2.21. The number of benzene rings is 1. The second kappa shape index (κ2) is 10.2. The number of rotatable bonds is 7. The van der Waals surface area contributed by atoms with Crippen LogP contribution in [0.2, 0.25) is 5.02 Å². The van der Waals surface area contributed by atoms with Gasteiger partial charge in [0.05, 0.1) is 11.7 Å². The Kier molecular flexibility index (Phi) is 7.13. The molecule has 4 rings (SSSR count). The SMILES string of the molecule is CCC(=O)COc1cc2cc(Nc3nc(N4CCCCCC4)ncc3Cl)ccc2n(C)c1=O. The first-order chi connectivity index (χ1) is 16.0. The van der Waals surface area contributed by atoms with E-state index in [4.69, 9.17) is 16.3 Å². The summed E-state index contributed by atoms with van der Waals surface area (Å²) >= 11 is 6.39. The number of hydrogen-bond acceptors (Lipinski definition) is 7. The number of anilines is 3. The molecule has 1 aliphatic rings. The highest BCUT2D eigenvalue weighted by atomic mass is 35.5. The lowest BCUT2D eigenvalue weighted by molar-refractivity contribution is -0.120. The Hall–Kier alpha value is -3.13. The molecule has 0 atom stereocenters. The van der Waals surface area contributed by atoms with Gasteiger partial charge in [-0.15, -0.1) is 0 Å². The summed E-state index contributed by atoms with van der Waals surface area (Å²) in [5.41, 5.74) is 1.23. The van der Waals surface area contributed by atoms with Crippen molar-refractivity contribution in [3.63, 3.8) is 0 Å². The third-order valence-corrected chi connectivity index (χ3v) is 6.13. The fourth-order valence-electron chi connectivity index (χ4n) is 3.90. The van der Waals surface area contributed by atoms with Crippen LogP contribution < -0.4 is 20.5 Å². The van der Waals surface area contributed by atoms with Crippen LogP contribution in [0.1, 0.15) is 39.0 Å². The summed E-state index contributed by atoms with van der Waals surface area (Å²) in [4.78, 5) is 35.5. The molecule has 1 fully saturated rings. The van der Waals surface area contributed by atoms with Crippen LogP contribution in [0.5, 0.6) is 5.75 Å². The molecule has 0 bridgehead atoms. The topological polar surface area (TPSA) is 89.3 Å². The maximum atomic E-state index is 12.6. The smallest absolute Gasteiger partial charge is 0.293 e. The number of nitrogens with zero attached hydrogens (tertiary/aromatic N) is 4. The van der Waals surface area contributed by atoms with Crippen LogP contribution in [0.15, 0.2) is 35.3 Å². The zero-order valence-electron chi connectivity index (χ0n) is 18.9. The minimum absolute atomic E-state index is 0.0637. The van der Waals surface area contributed by atoms with Crippen LogP contribution in [0.3, 0.4) is 0 Å². The van der Waals surface area contributed by atoms with Crippen molar-refractivity contribution in [2.24, 2.45) is 7.05 Å². The van der Waals surface area contributed by atoms with Gasteiger partial charge < -0.3 is 19.5 Å². The summed E-state index contributed by atoms with van der Waals surface area (Å²) in [6, 6.07) is 7.28. The fourth-order valence-corrected chi connectivity index (χ4v) is 4.04. The molecule has 1 aromatic carbocycles. The number of carbonyl (C=O) groups excluding carboxylic acids is 1. The van der Waals surface area contributed by atoms with Crippen molar-refractivity contribution in [2.75, 3.05) is 29.9 Å². The van der Waals surface area contributed by atoms with E-state index in [0.29, 0.717) is 23.2 Å². The lowest BCUT2D eigenvalue weighted by Crippen LogP contribution is -2.26. The summed E-state index contributed by atoms with van der Waals surface area (Å²) in [6.07, 6.45) is 6.71. The summed E-state index contributed by atoms with van der Waals surface area (Å²) in [5.74, 6) is 1.28. The number of nitrogens with one attached hydrogen (secondary N) is 1. The van der Waals surface area contributed by atoms with Crippen LogP contribution in [0.25, 0.3) is 10.9 Å². The third kappa shape index (κ3) is 5.27. The van der Waals surface area contributed by atoms with E-state index in [-0.39, 0.29) is 23.7 Å². The van der Waals surface area contributed by atoms with Crippen molar-refractivity contribution in [1.29, 1.82) is 0 Å². The number of carbonyl (C=O) groups is 1. The standard InChI is InChI=1S/C24H28ClN5O3/c1-3-18(31)15-33-21-13-16-12-17(8-9-20(16)29(2)23(21)32)27-22-19(25)14-26-24(28-22)30-10-6-4-5-7-11-30/h8-9,12-14H,3-7,10-11,15H2,1-2H3,(H,26,27,28).